The predicted molar refractivity (Wildman–Crippen MR) is 168 cm³/mol. The molecule has 0 aliphatic carbocycles. The third-order valence-corrected chi connectivity index (χ3v) is 11.8. The molecule has 1 amide bonds. The first-order valence-corrected chi connectivity index (χ1v) is 15.0. The molecule has 4 nitrogen and oxygen atoms in total. The molecule has 0 fully saturated rings. The number of primary amides is 1. The number of hydrogen-bond donors (Lipinski definition) is 3. The van der Waals surface area contributed by atoms with Crippen LogP contribution in [-0.2, 0) is 0 Å². The molecule has 6 aromatic rings. The van der Waals surface area contributed by atoms with Crippen molar-refractivity contribution < 1.29 is 15.0 Å². The number of benzene rings is 6. The van der Waals surface area contributed by atoms with E-state index in [0.29, 0.717) is 5.75 Å². The molecule has 6 rings (SSSR count). The summed E-state index contributed by atoms with van der Waals surface area (Å²) in [4.78, 5) is 10.9. The van der Waals surface area contributed by atoms with Gasteiger partial charge in [0.25, 0.3) is 5.91 Å². The van der Waals surface area contributed by atoms with E-state index in [-0.39, 0.29) is 11.3 Å². The molecule has 4 N–H and O–H groups in total. The van der Waals surface area contributed by atoms with E-state index in [1.54, 1.807) is 18.2 Å². The second kappa shape index (κ2) is 11.9. The van der Waals surface area contributed by atoms with Gasteiger partial charge in [0, 0.05) is 0 Å². The Bertz CT molecular complexity index is 1630. The molecule has 0 spiro atoms. The SMILES string of the molecule is NC(=O)c1cc2ccccc2cc1O.Oc1ccc([PH](c2ccccc2)(c2ccccc2)c2ccccc2)cc1. The van der Waals surface area contributed by atoms with Crippen molar-refractivity contribution >= 4 is 45.2 Å². The summed E-state index contributed by atoms with van der Waals surface area (Å²) in [6.07, 6.45) is 0. The van der Waals surface area contributed by atoms with E-state index >= 15 is 0 Å². The molecule has 198 valence electrons. The Labute approximate surface area is 234 Å². The molecule has 0 saturated heterocycles. The number of aromatic hydroxyl groups is 2. The number of amides is 1. The summed E-state index contributed by atoms with van der Waals surface area (Å²) in [6, 6.07) is 50.6. The Morgan fingerprint density at radius 1 is 0.500 bits per heavy atom. The van der Waals surface area contributed by atoms with Crippen LogP contribution in [0.2, 0.25) is 0 Å². The molecule has 0 aliphatic rings. The summed E-state index contributed by atoms with van der Waals surface area (Å²) in [7, 11) is -2.43. The number of nitrogens with two attached hydrogens (primary N) is 1. The van der Waals surface area contributed by atoms with Crippen molar-refractivity contribution in [1.82, 2.24) is 0 Å². The van der Waals surface area contributed by atoms with E-state index in [2.05, 4.69) is 103 Å². The third-order valence-electron chi connectivity index (χ3n) is 7.05. The molecule has 0 saturated carbocycles. The van der Waals surface area contributed by atoms with Crippen LogP contribution >= 0.6 is 7.26 Å². The minimum atomic E-state index is -2.43. The third kappa shape index (κ3) is 5.31. The molecule has 0 bridgehead atoms. The quantitative estimate of drug-likeness (QED) is 0.255. The topological polar surface area (TPSA) is 83.6 Å². The Morgan fingerprint density at radius 2 is 0.875 bits per heavy atom. The first-order valence-electron chi connectivity index (χ1n) is 13.0. The predicted octanol–water partition coefficient (Wildman–Crippen LogP) is 5.39. The number of rotatable bonds is 5. The molecule has 0 unspecified atom stereocenters. The van der Waals surface area contributed by atoms with Gasteiger partial charge in [-0.25, -0.2) is 0 Å². The number of carbonyl (C=O) groups excluding carboxylic acids is 1. The van der Waals surface area contributed by atoms with Crippen molar-refractivity contribution in [3.63, 3.8) is 0 Å². The van der Waals surface area contributed by atoms with Crippen molar-refractivity contribution in [3.05, 3.63) is 157 Å². The van der Waals surface area contributed by atoms with Crippen molar-refractivity contribution in [2.45, 2.75) is 0 Å². The van der Waals surface area contributed by atoms with Gasteiger partial charge >= 0.3 is 155 Å². The normalized spacial score (nSPS) is 11.3. The van der Waals surface area contributed by atoms with Gasteiger partial charge in [0.05, 0.1) is 5.56 Å². The maximum atomic E-state index is 10.9. The van der Waals surface area contributed by atoms with E-state index in [0.717, 1.165) is 10.8 Å². The van der Waals surface area contributed by atoms with Crippen LogP contribution in [0.4, 0.5) is 0 Å². The van der Waals surface area contributed by atoms with E-state index in [1.165, 1.54) is 27.3 Å². The maximum absolute atomic E-state index is 10.9. The van der Waals surface area contributed by atoms with Crippen LogP contribution in [0.15, 0.2) is 152 Å². The summed E-state index contributed by atoms with van der Waals surface area (Å²) in [5.74, 6) is -0.393. The fraction of sp³-hybridized carbons (Fsp3) is 0. The van der Waals surface area contributed by atoms with Crippen molar-refractivity contribution in [2.24, 2.45) is 5.73 Å². The fourth-order valence-electron chi connectivity index (χ4n) is 5.20. The van der Waals surface area contributed by atoms with Crippen LogP contribution < -0.4 is 27.0 Å². The van der Waals surface area contributed by atoms with Crippen molar-refractivity contribution in [3.8, 4) is 11.5 Å². The Hall–Kier alpha value is -4.92. The summed E-state index contributed by atoms with van der Waals surface area (Å²) in [5.41, 5.74) is 5.26. The van der Waals surface area contributed by atoms with Crippen LogP contribution in [0.1, 0.15) is 10.4 Å². The molecular weight excluding hydrogens is 513 g/mol. The van der Waals surface area contributed by atoms with E-state index in [4.69, 9.17) is 5.73 Å². The number of hydrogen-bond acceptors (Lipinski definition) is 3. The zero-order valence-electron chi connectivity index (χ0n) is 21.8. The van der Waals surface area contributed by atoms with Gasteiger partial charge in [-0.3, -0.25) is 4.79 Å². The zero-order valence-corrected chi connectivity index (χ0v) is 22.8. The van der Waals surface area contributed by atoms with Gasteiger partial charge in [-0.05, 0) is 22.9 Å². The Kier molecular flexibility index (Phi) is 7.91. The van der Waals surface area contributed by atoms with Gasteiger partial charge in [0.2, 0.25) is 0 Å². The molecule has 5 heteroatoms. The van der Waals surface area contributed by atoms with Crippen molar-refractivity contribution in [1.29, 1.82) is 0 Å². The monoisotopic (exact) mass is 543 g/mol. The zero-order chi connectivity index (χ0) is 28.0. The number of phenolic OH excluding ortho intramolecular Hbond substituents is 1. The van der Waals surface area contributed by atoms with Crippen LogP contribution in [0, 0.1) is 0 Å². The minimum absolute atomic E-state index is 0.0730. The van der Waals surface area contributed by atoms with Gasteiger partial charge in [-0.2, -0.15) is 0 Å². The molecule has 6 aromatic carbocycles. The molecule has 40 heavy (non-hydrogen) atoms. The van der Waals surface area contributed by atoms with Gasteiger partial charge in [0.1, 0.15) is 5.75 Å². The number of fused-ring (bicyclic) bond motifs is 1. The Balaban J connectivity index is 0.000000194. The van der Waals surface area contributed by atoms with E-state index in [9.17, 15) is 15.0 Å². The molecule has 0 atom stereocenters. The van der Waals surface area contributed by atoms with Gasteiger partial charge in [-0.15, -0.1) is 0 Å². The second-order valence-corrected chi connectivity index (χ2v) is 13.3. The molecular formula is C35H30NO3P. The fourth-order valence-corrected chi connectivity index (χ4v) is 9.95. The summed E-state index contributed by atoms with van der Waals surface area (Å²) in [5, 5.41) is 26.4. The Morgan fingerprint density at radius 3 is 1.30 bits per heavy atom. The first-order chi connectivity index (χ1) is 19.5. The van der Waals surface area contributed by atoms with Gasteiger partial charge in [-0.1, -0.05) is 24.3 Å². The first kappa shape index (κ1) is 26.7. The van der Waals surface area contributed by atoms with Gasteiger partial charge < -0.3 is 10.8 Å². The number of carbonyl (C=O) groups is 1. The van der Waals surface area contributed by atoms with E-state index < -0.39 is 13.2 Å². The van der Waals surface area contributed by atoms with Crippen LogP contribution in [-0.4, -0.2) is 16.1 Å². The van der Waals surface area contributed by atoms with Crippen molar-refractivity contribution in [2.75, 3.05) is 0 Å². The summed E-state index contributed by atoms with van der Waals surface area (Å²) in [6.45, 7) is 0. The van der Waals surface area contributed by atoms with Crippen LogP contribution in [0.25, 0.3) is 10.8 Å². The molecule has 0 aromatic heterocycles. The van der Waals surface area contributed by atoms with E-state index in [1.807, 2.05) is 24.3 Å². The second-order valence-electron chi connectivity index (χ2n) is 9.48. The average Bonchev–Trinajstić information content (AvgIpc) is 3.00. The average molecular weight is 544 g/mol. The summed E-state index contributed by atoms with van der Waals surface area (Å²) < 4.78 is 0. The molecule has 0 radical (unpaired) electrons. The molecule has 0 heterocycles. The van der Waals surface area contributed by atoms with Crippen LogP contribution in [0.3, 0.4) is 0 Å². The standard InChI is InChI=1S/C24H21OP.C11H9NO2/c25-20-16-18-24(19-17-20)26(21-10-4-1-5-11-21,22-12-6-2-7-13-22)23-14-8-3-9-15-23;12-11(14)9-5-7-3-1-2-4-8(7)6-10(9)13/h1-19,25-26H;1-6,13H,(H2,12,14). The molecule has 0 aliphatic heterocycles. The van der Waals surface area contributed by atoms with Crippen LogP contribution in [0.5, 0.6) is 11.5 Å². The number of phenols is 2. The van der Waals surface area contributed by atoms with Gasteiger partial charge in [0.15, 0.2) is 0 Å². The summed E-state index contributed by atoms with van der Waals surface area (Å²) >= 11 is 0.